The molecule has 2 rings (SSSR count). The van der Waals surface area contributed by atoms with Crippen LogP contribution >= 0.6 is 0 Å². The summed E-state index contributed by atoms with van der Waals surface area (Å²) < 4.78 is 1.87. The summed E-state index contributed by atoms with van der Waals surface area (Å²) >= 11 is 0. The molecule has 0 aliphatic heterocycles. The van der Waals surface area contributed by atoms with Crippen LogP contribution in [0.15, 0.2) is 48.1 Å². The molecule has 0 aliphatic rings. The summed E-state index contributed by atoms with van der Waals surface area (Å²) in [7, 11) is 0. The van der Waals surface area contributed by atoms with Crippen molar-refractivity contribution in [3.63, 3.8) is 0 Å². The molecular weight excluding hydrogens is 178 g/mol. The Morgan fingerprint density at radius 1 is 1.29 bits per heavy atom. The summed E-state index contributed by atoms with van der Waals surface area (Å²) in [6.45, 7) is 0. The summed E-state index contributed by atoms with van der Waals surface area (Å²) in [6.07, 6.45) is 5.27. The van der Waals surface area contributed by atoms with Gasteiger partial charge in [-0.2, -0.15) is 0 Å². The van der Waals surface area contributed by atoms with Gasteiger partial charge in [0.05, 0.1) is 6.33 Å². The number of nitrogens with zero attached hydrogens (tertiary/aromatic N) is 5. The molecule has 1 aromatic carbocycles. The molecule has 0 bridgehead atoms. The van der Waals surface area contributed by atoms with E-state index in [-0.39, 0.29) is 0 Å². The van der Waals surface area contributed by atoms with Crippen LogP contribution in [0.25, 0.3) is 16.1 Å². The smallest absolute Gasteiger partial charge is 0.0991 e. The van der Waals surface area contributed by atoms with Gasteiger partial charge in [-0.1, -0.05) is 17.2 Å². The topological polar surface area (TPSA) is 66.6 Å². The van der Waals surface area contributed by atoms with Crippen molar-refractivity contribution in [1.29, 1.82) is 0 Å². The zero-order valence-electron chi connectivity index (χ0n) is 7.28. The van der Waals surface area contributed by atoms with Gasteiger partial charge < -0.3 is 4.57 Å². The number of hydrogen-bond acceptors (Lipinski definition) is 2. The van der Waals surface area contributed by atoms with Crippen molar-refractivity contribution in [1.82, 2.24) is 9.55 Å². The van der Waals surface area contributed by atoms with Crippen LogP contribution in [-0.4, -0.2) is 9.55 Å². The van der Waals surface area contributed by atoms with Gasteiger partial charge in [0, 0.05) is 28.7 Å². The van der Waals surface area contributed by atoms with Crippen molar-refractivity contribution in [2.45, 2.75) is 0 Å². The molecule has 0 radical (unpaired) electrons. The van der Waals surface area contributed by atoms with Crippen LogP contribution in [0.3, 0.4) is 0 Å². The van der Waals surface area contributed by atoms with Gasteiger partial charge >= 0.3 is 0 Å². The zero-order valence-corrected chi connectivity index (χ0v) is 7.28. The largest absolute Gasteiger partial charge is 0.306 e. The average molecular weight is 185 g/mol. The highest BCUT2D eigenvalue weighted by molar-refractivity contribution is 5.44. The summed E-state index contributed by atoms with van der Waals surface area (Å²) in [5, 5.41) is 3.48. The highest BCUT2D eigenvalue weighted by atomic mass is 15.1. The van der Waals surface area contributed by atoms with Gasteiger partial charge in [-0.25, -0.2) is 4.98 Å². The minimum Gasteiger partial charge on any atom is -0.306 e. The normalized spacial score (nSPS) is 9.43. The van der Waals surface area contributed by atoms with Gasteiger partial charge in [0.15, 0.2) is 0 Å². The third kappa shape index (κ3) is 1.57. The Hall–Kier alpha value is -2.26. The van der Waals surface area contributed by atoms with Crippen LogP contribution in [0.2, 0.25) is 0 Å². The van der Waals surface area contributed by atoms with E-state index in [1.165, 1.54) is 0 Å². The van der Waals surface area contributed by atoms with E-state index in [0.717, 1.165) is 5.69 Å². The van der Waals surface area contributed by atoms with Crippen LogP contribution in [0, 0.1) is 0 Å². The minimum absolute atomic E-state index is 0.608. The fourth-order valence-corrected chi connectivity index (χ4v) is 1.15. The fraction of sp³-hybridized carbons (Fsp3) is 0. The third-order valence-electron chi connectivity index (χ3n) is 1.81. The molecule has 5 nitrogen and oxygen atoms in total. The standard InChI is InChI=1S/C9H7N5/c10-13-12-8-1-3-9(4-2-8)14-6-5-11-7-14/h1-7H. The molecule has 0 N–H and O–H groups in total. The van der Waals surface area contributed by atoms with Crippen LogP contribution in [0.4, 0.5) is 5.69 Å². The molecule has 0 spiro atoms. The number of rotatable bonds is 2. The first-order chi connectivity index (χ1) is 6.90. The lowest BCUT2D eigenvalue weighted by atomic mass is 10.3. The number of hydrogen-bond donors (Lipinski definition) is 0. The predicted octanol–water partition coefficient (Wildman–Crippen LogP) is 2.81. The highest BCUT2D eigenvalue weighted by Gasteiger charge is 1.94. The Kier molecular flexibility index (Phi) is 2.17. The highest BCUT2D eigenvalue weighted by Crippen LogP contribution is 2.15. The second-order valence-corrected chi connectivity index (χ2v) is 2.68. The van der Waals surface area contributed by atoms with E-state index >= 15 is 0 Å². The summed E-state index contributed by atoms with van der Waals surface area (Å²) in [5.74, 6) is 0. The van der Waals surface area contributed by atoms with E-state index in [1.807, 2.05) is 22.9 Å². The molecule has 1 aromatic heterocycles. The van der Waals surface area contributed by atoms with Gasteiger partial charge in [0.1, 0.15) is 0 Å². The lowest BCUT2D eigenvalue weighted by Crippen LogP contribution is -1.87. The molecule has 0 unspecified atom stereocenters. The fourth-order valence-electron chi connectivity index (χ4n) is 1.15. The van der Waals surface area contributed by atoms with Crippen LogP contribution in [0.5, 0.6) is 0 Å². The van der Waals surface area contributed by atoms with E-state index in [2.05, 4.69) is 15.0 Å². The molecule has 0 amide bonds. The lowest BCUT2D eigenvalue weighted by molar-refractivity contribution is 1.06. The van der Waals surface area contributed by atoms with Gasteiger partial charge in [-0.05, 0) is 17.7 Å². The molecule has 0 saturated carbocycles. The molecular formula is C9H7N5. The van der Waals surface area contributed by atoms with Crippen LogP contribution in [-0.2, 0) is 0 Å². The first kappa shape index (κ1) is 8.34. The van der Waals surface area contributed by atoms with Crippen molar-refractivity contribution in [2.24, 2.45) is 5.11 Å². The minimum atomic E-state index is 0.608. The Labute approximate surface area is 80.3 Å². The van der Waals surface area contributed by atoms with E-state index in [9.17, 15) is 0 Å². The monoisotopic (exact) mass is 185 g/mol. The number of benzene rings is 1. The van der Waals surface area contributed by atoms with E-state index in [0.29, 0.717) is 5.69 Å². The Balaban J connectivity index is 2.35. The van der Waals surface area contributed by atoms with Gasteiger partial charge in [-0.3, -0.25) is 0 Å². The van der Waals surface area contributed by atoms with Crippen LogP contribution < -0.4 is 0 Å². The number of azide groups is 1. The summed E-state index contributed by atoms with van der Waals surface area (Å²) in [6, 6.07) is 7.25. The predicted molar refractivity (Wildman–Crippen MR) is 52.4 cm³/mol. The molecule has 14 heavy (non-hydrogen) atoms. The number of imidazole rings is 1. The molecule has 5 heteroatoms. The van der Waals surface area contributed by atoms with Gasteiger partial charge in [0.25, 0.3) is 0 Å². The van der Waals surface area contributed by atoms with Crippen molar-refractivity contribution in [2.75, 3.05) is 0 Å². The second kappa shape index (κ2) is 3.64. The first-order valence-corrected chi connectivity index (χ1v) is 4.03. The molecule has 1 heterocycles. The molecule has 0 fully saturated rings. The SMILES string of the molecule is [N-]=[N+]=Nc1ccc(-n2ccnc2)cc1. The quantitative estimate of drug-likeness (QED) is 0.403. The van der Waals surface area contributed by atoms with Crippen molar-refractivity contribution >= 4 is 5.69 Å². The Morgan fingerprint density at radius 3 is 2.64 bits per heavy atom. The molecule has 0 atom stereocenters. The maximum atomic E-state index is 8.22. The zero-order chi connectivity index (χ0) is 9.80. The van der Waals surface area contributed by atoms with E-state index in [1.54, 1.807) is 24.7 Å². The maximum absolute atomic E-state index is 8.22. The second-order valence-electron chi connectivity index (χ2n) is 2.68. The number of aromatic nitrogens is 2. The van der Waals surface area contributed by atoms with Gasteiger partial charge in [-0.15, -0.1) is 0 Å². The molecule has 2 aromatic rings. The lowest BCUT2D eigenvalue weighted by Gasteiger charge is -2.00. The van der Waals surface area contributed by atoms with Gasteiger partial charge in [0.2, 0.25) is 0 Å². The van der Waals surface area contributed by atoms with E-state index in [4.69, 9.17) is 5.53 Å². The third-order valence-corrected chi connectivity index (χ3v) is 1.81. The first-order valence-electron chi connectivity index (χ1n) is 4.03. The van der Waals surface area contributed by atoms with Crippen molar-refractivity contribution < 1.29 is 0 Å². The molecule has 0 saturated heterocycles. The average Bonchev–Trinajstić information content (AvgIpc) is 2.72. The van der Waals surface area contributed by atoms with Crippen molar-refractivity contribution in [3.8, 4) is 5.69 Å². The van der Waals surface area contributed by atoms with E-state index < -0.39 is 0 Å². The molecule has 0 aliphatic carbocycles. The van der Waals surface area contributed by atoms with Crippen molar-refractivity contribution in [3.05, 3.63) is 53.4 Å². The maximum Gasteiger partial charge on any atom is 0.0991 e. The molecule has 68 valence electrons. The Bertz CT molecular complexity index is 450. The Morgan fingerprint density at radius 2 is 2.07 bits per heavy atom. The summed E-state index contributed by atoms with van der Waals surface area (Å²) in [4.78, 5) is 6.64. The summed E-state index contributed by atoms with van der Waals surface area (Å²) in [5.41, 5.74) is 9.81. The van der Waals surface area contributed by atoms with Crippen LogP contribution in [0.1, 0.15) is 0 Å².